The first-order valence-corrected chi connectivity index (χ1v) is 10.6. The van der Waals surface area contributed by atoms with Crippen molar-refractivity contribution in [1.82, 2.24) is 19.8 Å². The van der Waals surface area contributed by atoms with Crippen molar-refractivity contribution in [3.63, 3.8) is 0 Å². The Labute approximate surface area is 180 Å². The fourth-order valence-corrected chi connectivity index (χ4v) is 4.02. The molecule has 4 rings (SSSR count). The minimum absolute atomic E-state index is 0.00400. The largest absolute Gasteiger partial charge is 0.370 e. The van der Waals surface area contributed by atoms with Gasteiger partial charge in [-0.3, -0.25) is 9.59 Å². The second kappa shape index (κ2) is 9.82. The molecular weight excluding hydrogens is 401 g/mol. The molecule has 2 aromatic rings. The number of likely N-dealkylation sites (tertiary alicyclic amines) is 2. The second-order valence-corrected chi connectivity index (χ2v) is 7.72. The highest BCUT2D eigenvalue weighted by Gasteiger charge is 2.31. The summed E-state index contributed by atoms with van der Waals surface area (Å²) in [5.74, 6) is 0.764. The summed E-state index contributed by atoms with van der Waals surface area (Å²) in [5.41, 5.74) is 0.792. The second-order valence-electron chi connectivity index (χ2n) is 7.72. The molecule has 2 aromatic heterocycles. The van der Waals surface area contributed by atoms with Gasteiger partial charge in [-0.2, -0.15) is 0 Å². The Kier molecular flexibility index (Phi) is 6.71. The summed E-state index contributed by atoms with van der Waals surface area (Å²) in [4.78, 5) is 36.6. The van der Waals surface area contributed by atoms with Gasteiger partial charge in [0.15, 0.2) is 0 Å². The van der Waals surface area contributed by atoms with Gasteiger partial charge in [-0.25, -0.2) is 14.4 Å². The molecule has 2 aliphatic heterocycles. The third-order valence-corrected chi connectivity index (χ3v) is 5.57. The lowest BCUT2D eigenvalue weighted by atomic mass is 10.1. The van der Waals surface area contributed by atoms with Gasteiger partial charge in [-0.1, -0.05) is 6.07 Å². The van der Waals surface area contributed by atoms with Crippen LogP contribution < -0.4 is 5.32 Å². The summed E-state index contributed by atoms with van der Waals surface area (Å²) >= 11 is 0. The van der Waals surface area contributed by atoms with E-state index in [0.29, 0.717) is 37.8 Å². The number of nitrogens with zero attached hydrogens (tertiary/aromatic N) is 4. The highest BCUT2D eigenvalue weighted by atomic mass is 19.1. The fraction of sp³-hybridized carbons (Fsp3) is 0.455. The molecule has 1 unspecified atom stereocenters. The van der Waals surface area contributed by atoms with E-state index in [9.17, 15) is 14.0 Å². The summed E-state index contributed by atoms with van der Waals surface area (Å²) in [6.07, 6.45) is 4.37. The minimum Gasteiger partial charge on any atom is -0.370 e. The van der Waals surface area contributed by atoms with Crippen molar-refractivity contribution in [1.29, 1.82) is 0 Å². The zero-order valence-electron chi connectivity index (χ0n) is 17.3. The lowest BCUT2D eigenvalue weighted by Crippen LogP contribution is -2.35. The van der Waals surface area contributed by atoms with Gasteiger partial charge in [0.2, 0.25) is 11.8 Å². The topological polar surface area (TPSA) is 87.7 Å². The van der Waals surface area contributed by atoms with E-state index < -0.39 is 5.82 Å². The van der Waals surface area contributed by atoms with Crippen LogP contribution in [0.2, 0.25) is 0 Å². The van der Waals surface area contributed by atoms with Crippen LogP contribution in [0.1, 0.15) is 37.4 Å². The highest BCUT2D eigenvalue weighted by molar-refractivity contribution is 5.78. The third-order valence-electron chi connectivity index (χ3n) is 5.57. The molecule has 1 atom stereocenters. The maximum Gasteiger partial charge on any atom is 0.249 e. The molecule has 2 saturated heterocycles. The number of amides is 2. The molecule has 0 bridgehead atoms. The van der Waals surface area contributed by atoms with E-state index in [-0.39, 0.29) is 24.5 Å². The summed E-state index contributed by atoms with van der Waals surface area (Å²) in [6.45, 7) is 2.32. The van der Waals surface area contributed by atoms with E-state index in [1.54, 1.807) is 17.0 Å². The average Bonchev–Trinajstić information content (AvgIpc) is 3.42. The summed E-state index contributed by atoms with van der Waals surface area (Å²) in [5, 5.41) is 3.06. The Hall–Kier alpha value is -3.07. The fourth-order valence-electron chi connectivity index (χ4n) is 4.02. The zero-order chi connectivity index (χ0) is 21.6. The predicted octanol–water partition coefficient (Wildman–Crippen LogP) is 2.66. The molecule has 9 heteroatoms. The van der Waals surface area contributed by atoms with Crippen LogP contribution in [0.4, 0.5) is 16.0 Å². The quantitative estimate of drug-likeness (QED) is 0.652. The number of hydrogen-bond acceptors (Lipinski definition) is 6. The normalized spacial score (nSPS) is 18.6. The number of carbonyl (C=O) groups excluding carboxylic acids is 2. The van der Waals surface area contributed by atoms with Gasteiger partial charge in [0.05, 0.1) is 24.5 Å². The minimum atomic E-state index is -0.401. The Morgan fingerprint density at radius 2 is 2.10 bits per heavy atom. The third kappa shape index (κ3) is 5.35. The number of anilines is 2. The Morgan fingerprint density at radius 3 is 2.87 bits per heavy atom. The maximum absolute atomic E-state index is 13.0. The molecular formula is C22H26FN5O3. The van der Waals surface area contributed by atoms with Gasteiger partial charge in [-0.15, -0.1) is 0 Å². The van der Waals surface area contributed by atoms with E-state index in [1.807, 2.05) is 17.0 Å². The van der Waals surface area contributed by atoms with Crippen molar-refractivity contribution in [2.75, 3.05) is 38.2 Å². The number of halogens is 1. The summed E-state index contributed by atoms with van der Waals surface area (Å²) in [7, 11) is 0. The van der Waals surface area contributed by atoms with Crippen molar-refractivity contribution in [3.8, 4) is 0 Å². The smallest absolute Gasteiger partial charge is 0.249 e. The van der Waals surface area contributed by atoms with Crippen molar-refractivity contribution >= 4 is 23.5 Å². The number of nitrogens with one attached hydrogen (secondary N) is 1. The molecule has 2 fully saturated rings. The Balaban J connectivity index is 1.32. The van der Waals surface area contributed by atoms with E-state index in [0.717, 1.165) is 37.7 Å². The molecule has 0 aliphatic carbocycles. The van der Waals surface area contributed by atoms with Crippen molar-refractivity contribution in [2.24, 2.45) is 0 Å². The van der Waals surface area contributed by atoms with E-state index >= 15 is 0 Å². The van der Waals surface area contributed by atoms with E-state index in [4.69, 9.17) is 4.74 Å². The van der Waals surface area contributed by atoms with Crippen LogP contribution in [0.25, 0.3) is 0 Å². The Bertz CT molecular complexity index is 924. The van der Waals surface area contributed by atoms with E-state index in [1.165, 1.54) is 6.07 Å². The maximum atomic E-state index is 13.0. The van der Waals surface area contributed by atoms with Crippen molar-refractivity contribution < 1.29 is 18.7 Å². The monoisotopic (exact) mass is 427 g/mol. The zero-order valence-corrected chi connectivity index (χ0v) is 17.3. The van der Waals surface area contributed by atoms with Crippen LogP contribution in [0.3, 0.4) is 0 Å². The van der Waals surface area contributed by atoms with Gasteiger partial charge in [0, 0.05) is 26.1 Å². The number of rotatable bonds is 8. The van der Waals surface area contributed by atoms with Gasteiger partial charge in [0.25, 0.3) is 0 Å². The van der Waals surface area contributed by atoms with Gasteiger partial charge < -0.3 is 19.9 Å². The van der Waals surface area contributed by atoms with Crippen molar-refractivity contribution in [3.05, 3.63) is 48.0 Å². The number of ether oxygens (including phenoxy) is 1. The average molecular weight is 427 g/mol. The molecule has 1 N–H and O–H groups in total. The number of aromatic nitrogens is 2. The first kappa shape index (κ1) is 21.2. The van der Waals surface area contributed by atoms with E-state index in [2.05, 4.69) is 15.3 Å². The molecule has 0 aromatic carbocycles. The van der Waals surface area contributed by atoms with Gasteiger partial charge in [0.1, 0.15) is 24.1 Å². The molecule has 2 amide bonds. The molecule has 8 nitrogen and oxygen atoms in total. The molecule has 0 spiro atoms. The van der Waals surface area contributed by atoms with Gasteiger partial charge >= 0.3 is 0 Å². The lowest BCUT2D eigenvalue weighted by molar-refractivity contribution is -0.137. The lowest BCUT2D eigenvalue weighted by Gasteiger charge is -2.25. The SMILES string of the molecule is O=C1CCCN1CCOCC(=O)N1CCCC1c1cccc(Nc2ccc(F)cn2)n1. The first-order valence-electron chi connectivity index (χ1n) is 10.6. The molecule has 0 radical (unpaired) electrons. The number of carbonyl (C=O) groups is 2. The van der Waals surface area contributed by atoms with Crippen LogP contribution in [0.15, 0.2) is 36.5 Å². The van der Waals surface area contributed by atoms with Crippen LogP contribution in [-0.2, 0) is 14.3 Å². The molecule has 2 aliphatic rings. The highest BCUT2D eigenvalue weighted by Crippen LogP contribution is 2.31. The summed E-state index contributed by atoms with van der Waals surface area (Å²) in [6, 6.07) is 8.34. The predicted molar refractivity (Wildman–Crippen MR) is 112 cm³/mol. The molecule has 164 valence electrons. The Morgan fingerprint density at radius 1 is 1.19 bits per heavy atom. The number of hydrogen-bond donors (Lipinski definition) is 1. The standard InChI is InChI=1S/C22H26FN5O3/c23-16-8-9-19(24-14-16)26-20-6-1-4-17(25-20)18-5-2-11-28(18)22(30)15-31-13-12-27-10-3-7-21(27)29/h1,4,6,8-9,14,18H,2-3,5,7,10-13,15H2,(H,24,25,26). The molecule has 0 saturated carbocycles. The van der Waals surface area contributed by atoms with Crippen LogP contribution in [-0.4, -0.2) is 64.4 Å². The van der Waals surface area contributed by atoms with Crippen LogP contribution in [0, 0.1) is 5.82 Å². The van der Waals surface area contributed by atoms with Crippen molar-refractivity contribution in [2.45, 2.75) is 31.7 Å². The number of pyridine rings is 2. The summed E-state index contributed by atoms with van der Waals surface area (Å²) < 4.78 is 18.6. The first-order chi connectivity index (χ1) is 15.1. The molecule has 4 heterocycles. The van der Waals surface area contributed by atoms with Gasteiger partial charge in [-0.05, 0) is 43.5 Å². The van der Waals surface area contributed by atoms with Crippen LogP contribution >= 0.6 is 0 Å². The molecule has 31 heavy (non-hydrogen) atoms. The van der Waals surface area contributed by atoms with Crippen LogP contribution in [0.5, 0.6) is 0 Å².